The van der Waals surface area contributed by atoms with Gasteiger partial charge in [-0.1, -0.05) is 24.3 Å². The van der Waals surface area contributed by atoms with Gasteiger partial charge in [0.2, 0.25) is 0 Å². The van der Waals surface area contributed by atoms with Crippen LogP contribution >= 0.6 is 11.3 Å². The largest absolute Gasteiger partial charge is 0.484 e. The molecule has 0 radical (unpaired) electrons. The molecule has 0 saturated carbocycles. The molecule has 0 aliphatic carbocycles. The molecule has 0 unspecified atom stereocenters. The second kappa shape index (κ2) is 7.75. The van der Waals surface area contributed by atoms with Crippen molar-refractivity contribution < 1.29 is 14.5 Å². The number of non-ortho nitro benzene ring substituents is 1. The minimum atomic E-state index is -0.495. The molecule has 8 heteroatoms. The summed E-state index contributed by atoms with van der Waals surface area (Å²) in [5.41, 5.74) is 2.90. The normalized spacial score (nSPS) is 10.3. The van der Waals surface area contributed by atoms with E-state index in [9.17, 15) is 14.9 Å². The number of hydrogen-bond acceptors (Lipinski definition) is 6. The molecule has 3 aromatic rings. The summed E-state index contributed by atoms with van der Waals surface area (Å²) in [6.45, 7) is 1.79. The van der Waals surface area contributed by atoms with E-state index in [1.54, 1.807) is 0 Å². The highest BCUT2D eigenvalue weighted by Gasteiger charge is 2.10. The number of hydrogen-bond donors (Lipinski definition) is 1. The van der Waals surface area contributed by atoms with E-state index in [0.717, 1.165) is 16.8 Å². The Balaban J connectivity index is 1.57. The first kappa shape index (κ1) is 17.6. The molecule has 0 aliphatic heterocycles. The third-order valence-corrected chi connectivity index (χ3v) is 4.35. The first-order chi connectivity index (χ1) is 12.5. The van der Waals surface area contributed by atoms with Crippen molar-refractivity contribution in [2.75, 3.05) is 11.9 Å². The summed E-state index contributed by atoms with van der Waals surface area (Å²) >= 11 is 1.33. The fourth-order valence-electron chi connectivity index (χ4n) is 2.28. The number of thiazole rings is 1. The molecule has 0 aliphatic rings. The van der Waals surface area contributed by atoms with Gasteiger partial charge in [-0.3, -0.25) is 20.2 Å². The molecule has 2 aromatic carbocycles. The number of nitro groups is 1. The van der Waals surface area contributed by atoms with E-state index in [2.05, 4.69) is 10.3 Å². The fourth-order valence-corrected chi connectivity index (χ4v) is 3.01. The molecule has 0 spiro atoms. The lowest BCUT2D eigenvalue weighted by Gasteiger charge is -2.05. The summed E-state index contributed by atoms with van der Waals surface area (Å²) in [7, 11) is 0. The van der Waals surface area contributed by atoms with Gasteiger partial charge in [-0.05, 0) is 24.6 Å². The van der Waals surface area contributed by atoms with Gasteiger partial charge in [0.1, 0.15) is 5.75 Å². The Morgan fingerprint density at radius 1 is 1.23 bits per heavy atom. The van der Waals surface area contributed by atoms with Crippen molar-refractivity contribution in [3.63, 3.8) is 0 Å². The highest BCUT2D eigenvalue weighted by atomic mass is 32.1. The van der Waals surface area contributed by atoms with Crippen molar-refractivity contribution in [2.45, 2.75) is 6.92 Å². The molecule has 7 nitrogen and oxygen atoms in total. The molecule has 0 bridgehead atoms. The number of aromatic nitrogens is 1. The van der Waals surface area contributed by atoms with Gasteiger partial charge in [0.15, 0.2) is 11.7 Å². The molecule has 132 valence electrons. The predicted octanol–water partition coefficient (Wildman–Crippen LogP) is 4.04. The summed E-state index contributed by atoms with van der Waals surface area (Å²) < 4.78 is 5.33. The van der Waals surface area contributed by atoms with Gasteiger partial charge >= 0.3 is 0 Å². The first-order valence-electron chi connectivity index (χ1n) is 7.71. The van der Waals surface area contributed by atoms with Crippen LogP contribution in [0.2, 0.25) is 0 Å². The van der Waals surface area contributed by atoms with Crippen LogP contribution in [0, 0.1) is 17.0 Å². The highest BCUT2D eigenvalue weighted by Crippen LogP contribution is 2.27. The van der Waals surface area contributed by atoms with Crippen molar-refractivity contribution in [3.8, 4) is 17.0 Å². The van der Waals surface area contributed by atoms with Crippen molar-refractivity contribution in [3.05, 3.63) is 69.6 Å². The Bertz CT molecular complexity index is 938. The highest BCUT2D eigenvalue weighted by molar-refractivity contribution is 7.14. The lowest BCUT2D eigenvalue weighted by atomic mass is 10.1. The Labute approximate surface area is 153 Å². The second-order valence-electron chi connectivity index (χ2n) is 5.44. The molecule has 26 heavy (non-hydrogen) atoms. The molecule has 0 fully saturated rings. The molecule has 1 amide bonds. The Kier molecular flexibility index (Phi) is 5.23. The lowest BCUT2D eigenvalue weighted by Crippen LogP contribution is -2.20. The van der Waals surface area contributed by atoms with Gasteiger partial charge < -0.3 is 4.74 Å². The topological polar surface area (TPSA) is 94.4 Å². The molecule has 1 aromatic heterocycles. The molecule has 3 rings (SSSR count). The van der Waals surface area contributed by atoms with Crippen LogP contribution in [0.1, 0.15) is 5.56 Å². The number of aryl methyl sites for hydroxylation is 1. The van der Waals surface area contributed by atoms with E-state index < -0.39 is 4.92 Å². The standard InChI is InChI=1S/C18H15N3O4S/c1-12-4-2-3-5-15(12)16-11-26-18(19-16)20-17(22)10-25-14-8-6-13(7-9-14)21(23)24/h2-9,11H,10H2,1H3,(H,19,20,22). The van der Waals surface area contributed by atoms with Crippen LogP contribution in [-0.2, 0) is 4.79 Å². The van der Waals surface area contributed by atoms with Crippen LogP contribution in [0.4, 0.5) is 10.8 Å². The van der Waals surface area contributed by atoms with Gasteiger partial charge in [0.05, 0.1) is 10.6 Å². The molecule has 0 atom stereocenters. The van der Waals surface area contributed by atoms with Gasteiger partial charge in [-0.15, -0.1) is 11.3 Å². The van der Waals surface area contributed by atoms with Crippen LogP contribution in [-0.4, -0.2) is 22.4 Å². The molecule has 1 N–H and O–H groups in total. The van der Waals surface area contributed by atoms with E-state index in [-0.39, 0.29) is 18.2 Å². The SMILES string of the molecule is Cc1ccccc1-c1csc(NC(=O)COc2ccc([N+](=O)[O-])cc2)n1. The quantitative estimate of drug-likeness (QED) is 0.523. The number of carbonyl (C=O) groups excluding carboxylic acids is 1. The Morgan fingerprint density at radius 3 is 2.65 bits per heavy atom. The molecular weight excluding hydrogens is 354 g/mol. The van der Waals surface area contributed by atoms with Crippen LogP contribution in [0.3, 0.4) is 0 Å². The first-order valence-corrected chi connectivity index (χ1v) is 8.59. The van der Waals surface area contributed by atoms with E-state index >= 15 is 0 Å². The zero-order valence-corrected chi connectivity index (χ0v) is 14.7. The number of nitrogens with one attached hydrogen (secondary N) is 1. The zero-order chi connectivity index (χ0) is 18.5. The van der Waals surface area contributed by atoms with E-state index in [0.29, 0.717) is 10.9 Å². The van der Waals surface area contributed by atoms with Crippen molar-refractivity contribution in [1.82, 2.24) is 4.98 Å². The average Bonchev–Trinajstić information content (AvgIpc) is 3.09. The zero-order valence-electron chi connectivity index (χ0n) is 13.8. The van der Waals surface area contributed by atoms with Crippen LogP contribution < -0.4 is 10.1 Å². The van der Waals surface area contributed by atoms with Crippen LogP contribution in [0.5, 0.6) is 5.75 Å². The van der Waals surface area contributed by atoms with Crippen molar-refractivity contribution in [2.24, 2.45) is 0 Å². The maximum absolute atomic E-state index is 12.0. The van der Waals surface area contributed by atoms with Gasteiger partial charge in [0, 0.05) is 23.1 Å². The average molecular weight is 369 g/mol. The van der Waals surface area contributed by atoms with Crippen LogP contribution in [0.25, 0.3) is 11.3 Å². The molecule has 1 heterocycles. The number of nitro benzene ring substituents is 1. The van der Waals surface area contributed by atoms with Gasteiger partial charge in [-0.2, -0.15) is 0 Å². The second-order valence-corrected chi connectivity index (χ2v) is 6.30. The minimum Gasteiger partial charge on any atom is -0.484 e. The smallest absolute Gasteiger partial charge is 0.269 e. The summed E-state index contributed by atoms with van der Waals surface area (Å²) in [5.74, 6) is 0.0273. The number of ether oxygens (including phenoxy) is 1. The summed E-state index contributed by atoms with van der Waals surface area (Å²) in [4.78, 5) is 26.5. The maximum Gasteiger partial charge on any atom is 0.269 e. The molecule has 0 saturated heterocycles. The molecular formula is C18H15N3O4S. The summed E-state index contributed by atoms with van der Waals surface area (Å²) in [6.07, 6.45) is 0. The number of anilines is 1. The Hall–Kier alpha value is -3.26. The lowest BCUT2D eigenvalue weighted by molar-refractivity contribution is -0.384. The van der Waals surface area contributed by atoms with E-state index in [1.165, 1.54) is 35.6 Å². The van der Waals surface area contributed by atoms with Gasteiger partial charge in [0.25, 0.3) is 11.6 Å². The number of nitrogens with zero attached hydrogens (tertiary/aromatic N) is 2. The van der Waals surface area contributed by atoms with Crippen molar-refractivity contribution in [1.29, 1.82) is 0 Å². The van der Waals surface area contributed by atoms with Gasteiger partial charge in [-0.25, -0.2) is 4.98 Å². The monoisotopic (exact) mass is 369 g/mol. The Morgan fingerprint density at radius 2 is 1.96 bits per heavy atom. The summed E-state index contributed by atoms with van der Waals surface area (Å²) in [6, 6.07) is 13.4. The number of rotatable bonds is 6. The number of carbonyl (C=O) groups is 1. The number of benzene rings is 2. The number of amides is 1. The maximum atomic E-state index is 12.0. The minimum absolute atomic E-state index is 0.0340. The van der Waals surface area contributed by atoms with E-state index in [1.807, 2.05) is 36.6 Å². The predicted molar refractivity (Wildman–Crippen MR) is 99.5 cm³/mol. The fraction of sp³-hybridized carbons (Fsp3) is 0.111. The third kappa shape index (κ3) is 4.22. The van der Waals surface area contributed by atoms with Crippen LogP contribution in [0.15, 0.2) is 53.9 Å². The van der Waals surface area contributed by atoms with Crippen molar-refractivity contribution >= 4 is 28.1 Å². The van der Waals surface area contributed by atoms with E-state index in [4.69, 9.17) is 4.74 Å². The summed E-state index contributed by atoms with van der Waals surface area (Å²) in [5, 5.41) is 15.7. The third-order valence-electron chi connectivity index (χ3n) is 3.59.